The monoisotopic (exact) mass is 355 g/mol. The molecule has 2 heterocycles. The van der Waals surface area contributed by atoms with Gasteiger partial charge < -0.3 is 14.8 Å². The number of hydrogen-bond donors (Lipinski definition) is 1. The summed E-state index contributed by atoms with van der Waals surface area (Å²) in [6.07, 6.45) is 5.17. The molecule has 1 aromatic heterocycles. The highest BCUT2D eigenvalue weighted by molar-refractivity contribution is 5.94. The lowest BCUT2D eigenvalue weighted by molar-refractivity contribution is 0.0932. The van der Waals surface area contributed by atoms with Gasteiger partial charge in [0.1, 0.15) is 11.5 Å². The molecular formula is C20H25N3O3. The van der Waals surface area contributed by atoms with Crippen LogP contribution in [0.15, 0.2) is 18.2 Å². The molecule has 0 spiro atoms. The van der Waals surface area contributed by atoms with E-state index in [-0.39, 0.29) is 11.8 Å². The molecule has 2 aliphatic rings. The third kappa shape index (κ3) is 3.16. The average Bonchev–Trinajstić information content (AvgIpc) is 3.02. The van der Waals surface area contributed by atoms with Crippen molar-refractivity contribution in [2.75, 3.05) is 20.3 Å². The molecule has 1 aromatic carbocycles. The summed E-state index contributed by atoms with van der Waals surface area (Å²) >= 11 is 0. The summed E-state index contributed by atoms with van der Waals surface area (Å²) in [4.78, 5) is 12.7. The number of carbonyl (C=O) groups excluding carboxylic acids is 1. The number of ether oxygens (including phenoxy) is 2. The number of hydrogen-bond acceptors (Lipinski definition) is 4. The highest BCUT2D eigenvalue weighted by Crippen LogP contribution is 2.31. The summed E-state index contributed by atoms with van der Waals surface area (Å²) in [5.74, 6) is 1.88. The molecule has 6 nitrogen and oxygen atoms in total. The fraction of sp³-hybridized carbons (Fsp3) is 0.500. The van der Waals surface area contributed by atoms with Gasteiger partial charge >= 0.3 is 0 Å². The van der Waals surface area contributed by atoms with Crippen molar-refractivity contribution in [3.05, 3.63) is 40.7 Å². The van der Waals surface area contributed by atoms with E-state index in [1.807, 2.05) is 29.9 Å². The van der Waals surface area contributed by atoms with Gasteiger partial charge in [-0.05, 0) is 43.7 Å². The molecule has 1 amide bonds. The Bertz CT molecular complexity index is 828. The van der Waals surface area contributed by atoms with Gasteiger partial charge in [-0.3, -0.25) is 9.48 Å². The summed E-state index contributed by atoms with van der Waals surface area (Å²) in [5.41, 5.74) is 4.11. The first-order valence-corrected chi connectivity index (χ1v) is 9.28. The molecular weight excluding hydrogens is 330 g/mol. The summed E-state index contributed by atoms with van der Waals surface area (Å²) in [5, 5.41) is 7.54. The van der Waals surface area contributed by atoms with E-state index in [0.29, 0.717) is 18.8 Å². The van der Waals surface area contributed by atoms with Gasteiger partial charge in [0.05, 0.1) is 13.7 Å². The van der Waals surface area contributed by atoms with Gasteiger partial charge in [-0.25, -0.2) is 0 Å². The first kappa shape index (κ1) is 16.9. The first-order valence-electron chi connectivity index (χ1n) is 9.28. The van der Waals surface area contributed by atoms with Crippen LogP contribution in [0.1, 0.15) is 40.2 Å². The largest absolute Gasteiger partial charge is 0.497 e. The third-order valence-electron chi connectivity index (χ3n) is 5.39. The van der Waals surface area contributed by atoms with Crippen LogP contribution in [0, 0.1) is 5.92 Å². The minimum Gasteiger partial charge on any atom is -0.497 e. The van der Waals surface area contributed by atoms with E-state index in [4.69, 9.17) is 9.47 Å². The molecule has 138 valence electrons. The summed E-state index contributed by atoms with van der Waals surface area (Å²) in [6, 6.07) is 5.91. The Balaban J connectivity index is 1.39. The quantitative estimate of drug-likeness (QED) is 0.914. The summed E-state index contributed by atoms with van der Waals surface area (Å²) in [6.45, 7) is 1.19. The zero-order valence-corrected chi connectivity index (χ0v) is 15.4. The normalized spacial score (nSPS) is 18.5. The number of fused-ring (bicyclic) bond motifs is 2. The molecule has 0 saturated heterocycles. The maximum Gasteiger partial charge on any atom is 0.272 e. The Hall–Kier alpha value is -2.50. The van der Waals surface area contributed by atoms with Crippen LogP contribution in [0.5, 0.6) is 11.5 Å². The lowest BCUT2D eigenvalue weighted by Gasteiger charge is -2.25. The van der Waals surface area contributed by atoms with E-state index in [2.05, 4.69) is 10.4 Å². The average molecular weight is 355 g/mol. The van der Waals surface area contributed by atoms with Gasteiger partial charge in [-0.2, -0.15) is 5.10 Å². The van der Waals surface area contributed by atoms with E-state index in [1.165, 1.54) is 12.1 Å². The minimum absolute atomic E-state index is 0.0655. The van der Waals surface area contributed by atoms with Gasteiger partial charge in [0.25, 0.3) is 5.91 Å². The lowest BCUT2D eigenvalue weighted by Crippen LogP contribution is -2.35. The molecule has 1 N–H and O–H groups in total. The van der Waals surface area contributed by atoms with Gasteiger partial charge in [0.15, 0.2) is 5.69 Å². The van der Waals surface area contributed by atoms with Gasteiger partial charge in [0.2, 0.25) is 0 Å². The number of aryl methyl sites for hydroxylation is 1. The number of aromatic nitrogens is 2. The first-order chi connectivity index (χ1) is 12.7. The van der Waals surface area contributed by atoms with Crippen molar-refractivity contribution in [3.8, 4) is 11.5 Å². The molecule has 0 radical (unpaired) electrons. The Labute approximate surface area is 153 Å². The smallest absolute Gasteiger partial charge is 0.272 e. The fourth-order valence-electron chi connectivity index (χ4n) is 3.95. The Kier molecular flexibility index (Phi) is 4.57. The molecule has 0 fully saturated rings. The zero-order valence-electron chi connectivity index (χ0n) is 15.4. The second-order valence-electron chi connectivity index (χ2n) is 7.17. The second-order valence-corrected chi connectivity index (χ2v) is 7.17. The predicted molar refractivity (Wildman–Crippen MR) is 97.9 cm³/mol. The topological polar surface area (TPSA) is 65.4 Å². The molecule has 0 saturated carbocycles. The highest BCUT2D eigenvalue weighted by Gasteiger charge is 2.25. The molecule has 1 atom stereocenters. The molecule has 1 aliphatic heterocycles. The Morgan fingerprint density at radius 2 is 2.23 bits per heavy atom. The maximum absolute atomic E-state index is 12.7. The van der Waals surface area contributed by atoms with Crippen LogP contribution in [0.3, 0.4) is 0 Å². The summed E-state index contributed by atoms with van der Waals surface area (Å²) < 4.78 is 13.0. The van der Waals surface area contributed by atoms with E-state index in [1.54, 1.807) is 7.11 Å². The predicted octanol–water partition coefficient (Wildman–Crippen LogP) is 2.29. The van der Waals surface area contributed by atoms with Crippen LogP contribution in [0.25, 0.3) is 0 Å². The number of rotatable bonds is 4. The van der Waals surface area contributed by atoms with Crippen molar-refractivity contribution < 1.29 is 14.3 Å². The SMILES string of the molecule is COc1ccc2c(c1)OC[C@@H](CNC(=O)c1nn(C)c3c1CCCC3)C2. The number of carbonyl (C=O) groups is 1. The number of nitrogens with one attached hydrogen (secondary N) is 1. The van der Waals surface area contributed by atoms with Crippen molar-refractivity contribution in [1.29, 1.82) is 0 Å². The van der Waals surface area contributed by atoms with Crippen LogP contribution < -0.4 is 14.8 Å². The van der Waals surface area contributed by atoms with Crippen LogP contribution in [-0.2, 0) is 26.3 Å². The van der Waals surface area contributed by atoms with Crippen LogP contribution in [-0.4, -0.2) is 35.9 Å². The lowest BCUT2D eigenvalue weighted by atomic mass is 9.95. The van der Waals surface area contributed by atoms with Crippen molar-refractivity contribution in [2.45, 2.75) is 32.1 Å². The zero-order chi connectivity index (χ0) is 18.1. The van der Waals surface area contributed by atoms with E-state index in [9.17, 15) is 4.79 Å². The Morgan fingerprint density at radius 1 is 1.38 bits per heavy atom. The number of amides is 1. The van der Waals surface area contributed by atoms with Crippen LogP contribution in [0.4, 0.5) is 0 Å². The summed E-state index contributed by atoms with van der Waals surface area (Å²) in [7, 11) is 3.58. The highest BCUT2D eigenvalue weighted by atomic mass is 16.5. The minimum atomic E-state index is -0.0655. The van der Waals surface area contributed by atoms with Crippen molar-refractivity contribution in [2.24, 2.45) is 13.0 Å². The molecule has 1 aliphatic carbocycles. The Morgan fingerprint density at radius 3 is 3.08 bits per heavy atom. The standard InChI is InChI=1S/C20H25N3O3/c1-23-17-6-4-3-5-16(17)19(22-23)20(24)21-11-13-9-14-7-8-15(25-2)10-18(14)26-12-13/h7-8,10,13H,3-6,9,11-12H2,1-2H3,(H,21,24)/t13-/m1/s1. The second kappa shape index (κ2) is 7.02. The molecule has 2 aromatic rings. The van der Waals surface area contributed by atoms with Crippen molar-refractivity contribution in [3.63, 3.8) is 0 Å². The van der Waals surface area contributed by atoms with E-state index in [0.717, 1.165) is 48.3 Å². The van der Waals surface area contributed by atoms with E-state index < -0.39 is 0 Å². The fourth-order valence-corrected chi connectivity index (χ4v) is 3.95. The number of methoxy groups -OCH3 is 1. The van der Waals surface area contributed by atoms with Crippen LogP contribution >= 0.6 is 0 Å². The van der Waals surface area contributed by atoms with E-state index >= 15 is 0 Å². The van der Waals surface area contributed by atoms with Crippen molar-refractivity contribution in [1.82, 2.24) is 15.1 Å². The maximum atomic E-state index is 12.7. The van der Waals surface area contributed by atoms with Crippen LogP contribution in [0.2, 0.25) is 0 Å². The van der Waals surface area contributed by atoms with Crippen molar-refractivity contribution >= 4 is 5.91 Å². The molecule has 26 heavy (non-hydrogen) atoms. The van der Waals surface area contributed by atoms with Gasteiger partial charge in [-0.15, -0.1) is 0 Å². The molecule has 6 heteroatoms. The molecule has 4 rings (SSSR count). The van der Waals surface area contributed by atoms with Gasteiger partial charge in [-0.1, -0.05) is 6.07 Å². The third-order valence-corrected chi connectivity index (χ3v) is 5.39. The number of benzene rings is 1. The molecule has 0 unspecified atom stereocenters. The number of nitrogens with zero attached hydrogens (tertiary/aromatic N) is 2. The van der Waals surface area contributed by atoms with Gasteiger partial charge in [0, 0.05) is 36.8 Å². The molecule has 0 bridgehead atoms.